The van der Waals surface area contributed by atoms with Crippen molar-refractivity contribution in [2.75, 3.05) is 42.1 Å². The van der Waals surface area contributed by atoms with E-state index in [-0.39, 0.29) is 81.9 Å². The molecule has 18 rings (SSSR count). The first-order chi connectivity index (χ1) is 55.6. The minimum atomic E-state index is -0.939. The first kappa shape index (κ1) is 83.4. The molecule has 8 N–H and O–H groups in total. The molecule has 4 aromatic rings. The van der Waals surface area contributed by atoms with Gasteiger partial charge in [0.1, 0.15) is 11.5 Å². The lowest BCUT2D eigenvalue weighted by atomic mass is 9.61. The number of hydrogen-bond acceptors (Lipinski definition) is 19. The van der Waals surface area contributed by atoms with Gasteiger partial charge in [-0.1, -0.05) is 81.1 Å². The molecule has 630 valence electrons. The second-order valence-corrected chi connectivity index (χ2v) is 38.0. The lowest BCUT2D eigenvalue weighted by molar-refractivity contribution is -0.232. The summed E-state index contributed by atoms with van der Waals surface area (Å²) < 4.78 is 34.6. The molecule has 4 heterocycles. The van der Waals surface area contributed by atoms with Crippen LogP contribution in [0.25, 0.3) is 0 Å². The number of rotatable bonds is 16. The lowest BCUT2D eigenvalue weighted by Crippen LogP contribution is -2.53. The zero-order valence-electron chi connectivity index (χ0n) is 72.1. The molecule has 8 spiro atoms. The van der Waals surface area contributed by atoms with E-state index in [1.807, 2.05) is 62.4 Å². The summed E-state index contributed by atoms with van der Waals surface area (Å²) in [5, 5.41) is 1.61. The summed E-state index contributed by atoms with van der Waals surface area (Å²) in [5.74, 6) is 4.73. The summed E-state index contributed by atoms with van der Waals surface area (Å²) in [4.78, 5) is 73.7. The molecule has 4 unspecified atom stereocenters. The van der Waals surface area contributed by atoms with Gasteiger partial charge in [0.05, 0.1) is 37.1 Å². The molecule has 116 heavy (non-hydrogen) atoms. The number of unbranched alkanes of at least 4 members (excludes halogenated alkanes) is 1. The third kappa shape index (κ3) is 13.7. The van der Waals surface area contributed by atoms with Gasteiger partial charge >= 0.3 is 0 Å². The number of benzene rings is 4. The molecular formula is C94H134N12O10. The fourth-order valence-corrected chi connectivity index (χ4v) is 23.9. The molecule has 22 heteroatoms. The number of hydrogen-bond donors (Lipinski definition) is 4. The van der Waals surface area contributed by atoms with Gasteiger partial charge in [-0.2, -0.15) is 0 Å². The molecule has 4 aliphatic heterocycles. The molecule has 0 aromatic heterocycles. The van der Waals surface area contributed by atoms with Gasteiger partial charge in [-0.15, -0.1) is 0 Å². The second kappa shape index (κ2) is 32.5. The molecule has 6 fully saturated rings. The maximum absolute atomic E-state index is 14.1. The molecule has 6 saturated carbocycles. The zero-order valence-corrected chi connectivity index (χ0v) is 72.1. The lowest BCUT2D eigenvalue weighted by Gasteiger charge is -2.45. The minimum absolute atomic E-state index is 0.00492. The highest BCUT2D eigenvalue weighted by molar-refractivity contribution is 6.10. The highest BCUT2D eigenvalue weighted by Gasteiger charge is 2.71. The number of hydroxylamine groups is 2. The Morgan fingerprint density at radius 3 is 1.22 bits per heavy atom. The quantitative estimate of drug-likeness (QED) is 0.0811. The van der Waals surface area contributed by atoms with Crippen LogP contribution >= 0.6 is 0 Å². The van der Waals surface area contributed by atoms with Crippen molar-refractivity contribution in [2.45, 2.75) is 332 Å². The van der Waals surface area contributed by atoms with Crippen molar-refractivity contribution in [3.63, 3.8) is 0 Å². The van der Waals surface area contributed by atoms with Crippen molar-refractivity contribution in [3.05, 3.63) is 128 Å². The average Bonchev–Trinajstić information content (AvgIpc) is 1.55. The summed E-state index contributed by atoms with van der Waals surface area (Å²) in [6.07, 6.45) is 32.6. The number of ether oxygens (including phenoxy) is 6. The highest BCUT2D eigenvalue weighted by Crippen LogP contribution is 2.67. The van der Waals surface area contributed by atoms with E-state index in [4.69, 9.17) is 76.2 Å². The Hall–Kier alpha value is -7.63. The zero-order chi connectivity index (χ0) is 82.2. The molecule has 0 radical (unpaired) electrons. The maximum atomic E-state index is 14.1. The molecule has 0 saturated heterocycles. The summed E-state index contributed by atoms with van der Waals surface area (Å²) in [5.41, 5.74) is 33.3. The third-order valence-corrected chi connectivity index (χ3v) is 30.3. The normalized spacial score (nSPS) is 32.7. The number of nitrogens with zero attached hydrogens (tertiary/aromatic N) is 8. The molecule has 3 amide bonds. The summed E-state index contributed by atoms with van der Waals surface area (Å²) >= 11 is 0. The van der Waals surface area contributed by atoms with Crippen LogP contribution in [-0.2, 0) is 92.6 Å². The van der Waals surface area contributed by atoms with Crippen LogP contribution in [0.1, 0.15) is 284 Å². The van der Waals surface area contributed by atoms with E-state index in [1.54, 1.807) is 48.2 Å². The van der Waals surface area contributed by atoms with E-state index in [0.29, 0.717) is 41.8 Å². The number of aryl methyl sites for hydroxylation is 1. The minimum Gasteiger partial charge on any atom is -0.493 e. The molecule has 4 aromatic carbocycles. The van der Waals surface area contributed by atoms with Crippen molar-refractivity contribution in [1.29, 1.82) is 0 Å². The Morgan fingerprint density at radius 1 is 0.448 bits per heavy atom. The van der Waals surface area contributed by atoms with E-state index in [1.165, 1.54) is 78.3 Å². The van der Waals surface area contributed by atoms with Crippen LogP contribution in [0.2, 0.25) is 0 Å². The molecule has 10 aliphatic carbocycles. The first-order valence-electron chi connectivity index (χ1n) is 44.4. The third-order valence-electron chi connectivity index (χ3n) is 30.3. The van der Waals surface area contributed by atoms with Gasteiger partial charge in [-0.3, -0.25) is 29.1 Å². The maximum Gasteiger partial charge on any atom is 0.262 e. The Kier molecular flexibility index (Phi) is 23.4. The molecule has 4 atom stereocenters. The molecular weight excluding hydrogens is 1460 g/mol. The largest absolute Gasteiger partial charge is 0.493 e. The number of amides is 3. The van der Waals surface area contributed by atoms with E-state index in [9.17, 15) is 14.4 Å². The van der Waals surface area contributed by atoms with Gasteiger partial charge in [0.15, 0.2) is 34.5 Å². The monoisotopic (exact) mass is 1590 g/mol. The Labute approximate surface area is 689 Å². The van der Waals surface area contributed by atoms with Gasteiger partial charge in [-0.25, -0.2) is 29.9 Å². The standard InChI is InChI=1S/C25H35N3O3.C25H35N3O2.C24H35N3O2.C20H29N3O3/c1-16(2)28-22(29)25(27-23(28)26)21-13-20(31-15-17-5-4-6-17)8-7-18(21)14-24(25)11-9-19(30-3)10-12-24;1-16(2)28-22(29)25(27-23(28)26)21-14-18(17-6-4-5-7-17)8-9-19(21)15-24(25)12-10-20(30-3)11-13-24;1-5-6-7-17-8-9-18-15-23(12-10-19(29-4)11-13-23)24(20(18)14-17)21(28)27(16(2)3)22(25)26-24;1-13(2)25-16-6-5-14-12-19(9-7-15(24-4)8-10-19)20(17(14)11-16)22-18(21)23(3)26-20/h7-8,13,16-17,19H,4-6,9-12,14-15H2,1-3H3,(H2,26,27);8-9,14,16-17,20H,4-7,10-13,15H2,1-3H3,(H2,26,27);8-9,14,16,19H,5-7,10-13,15H2,1-4H3,(H2,25,26);5-6,11,13,15H,7-10,12H2,1-4H3,(H2,21,22). The summed E-state index contributed by atoms with van der Waals surface area (Å²) in [6.45, 7) is 19.1. The van der Waals surface area contributed by atoms with E-state index >= 15 is 0 Å². The van der Waals surface area contributed by atoms with Gasteiger partial charge in [0.25, 0.3) is 17.7 Å². The van der Waals surface area contributed by atoms with Crippen molar-refractivity contribution in [2.24, 2.45) is 70.5 Å². The van der Waals surface area contributed by atoms with Crippen LogP contribution in [-0.4, -0.2) is 152 Å². The smallest absolute Gasteiger partial charge is 0.262 e. The average molecular weight is 1590 g/mol. The van der Waals surface area contributed by atoms with Crippen molar-refractivity contribution < 1.29 is 47.6 Å². The Bertz CT molecular complexity index is 4430. The van der Waals surface area contributed by atoms with Gasteiger partial charge in [0.2, 0.25) is 11.7 Å². The molecule has 22 nitrogen and oxygen atoms in total. The fourth-order valence-electron chi connectivity index (χ4n) is 23.9. The topological polar surface area (TPSA) is 282 Å². The highest BCUT2D eigenvalue weighted by atomic mass is 16.7. The van der Waals surface area contributed by atoms with Crippen LogP contribution in [0.4, 0.5) is 0 Å². The predicted octanol–water partition coefficient (Wildman–Crippen LogP) is 14.9. The van der Waals surface area contributed by atoms with Gasteiger partial charge < -0.3 is 51.4 Å². The number of nitrogens with two attached hydrogens (primary N) is 4. The number of aliphatic imine (C=N–C) groups is 4. The van der Waals surface area contributed by atoms with Gasteiger partial charge in [0, 0.05) is 80.8 Å². The fraction of sp³-hybridized carbons (Fsp3) is 0.670. The summed E-state index contributed by atoms with van der Waals surface area (Å²) in [6, 6.07) is 26.3. The van der Waals surface area contributed by atoms with Crippen molar-refractivity contribution >= 4 is 41.6 Å². The number of carbonyl (C=O) groups is 3. The van der Waals surface area contributed by atoms with Crippen LogP contribution in [0.15, 0.2) is 92.8 Å². The van der Waals surface area contributed by atoms with Crippen LogP contribution in [0.5, 0.6) is 11.5 Å². The predicted molar refractivity (Wildman–Crippen MR) is 454 cm³/mol. The number of methoxy groups -OCH3 is 4. The van der Waals surface area contributed by atoms with E-state index in [2.05, 4.69) is 79.7 Å². The van der Waals surface area contributed by atoms with Crippen LogP contribution in [0, 0.1) is 27.6 Å². The summed E-state index contributed by atoms with van der Waals surface area (Å²) in [7, 11) is 9.00. The Morgan fingerprint density at radius 2 is 0.836 bits per heavy atom. The number of guanidine groups is 4. The molecule has 0 bridgehead atoms. The van der Waals surface area contributed by atoms with Crippen molar-refractivity contribution in [1.82, 2.24) is 19.8 Å². The Balaban J connectivity index is 0.000000122. The van der Waals surface area contributed by atoms with Gasteiger partial charge in [-0.05, 0) is 309 Å². The second-order valence-electron chi connectivity index (χ2n) is 38.0. The van der Waals surface area contributed by atoms with Crippen LogP contribution < -0.4 is 32.4 Å². The van der Waals surface area contributed by atoms with E-state index in [0.717, 1.165) is 188 Å². The number of fused-ring (bicyclic) bond motifs is 12. The molecule has 14 aliphatic rings. The first-order valence-corrected chi connectivity index (χ1v) is 44.4. The van der Waals surface area contributed by atoms with Crippen molar-refractivity contribution in [3.8, 4) is 11.5 Å². The van der Waals surface area contributed by atoms with E-state index < -0.39 is 22.3 Å². The van der Waals surface area contributed by atoms with Crippen LogP contribution in [0.3, 0.4) is 0 Å². The number of carbonyl (C=O) groups excluding carboxylic acids is 3. The SMILES string of the molecule is CCCCc1ccc2c(c1)C1(N=C(N)N(C(C)C)C1=O)C1(CCC(OC)CC1)C2.COC1CCC2(CC1)Cc1ccc(C3CCCC3)cc1C21N=C(N)N(C(C)C)C1=O.COC1CCC2(CC1)Cc1ccc(OC(C)C)cc1C21N=C(N)N(C)O1.COC1CCC2(CC1)Cc1ccc(OCC3CCC3)cc1C21N=C(N)N(C(C)C)C1=O.